The molecule has 3 aromatic rings. The van der Waals surface area contributed by atoms with Crippen molar-refractivity contribution in [1.29, 1.82) is 0 Å². The van der Waals surface area contributed by atoms with Crippen molar-refractivity contribution < 1.29 is 14.3 Å². The molecule has 0 saturated carbocycles. The molecule has 0 aliphatic rings. The molecule has 0 aliphatic carbocycles. The van der Waals surface area contributed by atoms with E-state index in [9.17, 15) is 4.79 Å². The van der Waals surface area contributed by atoms with Crippen molar-refractivity contribution in [1.82, 2.24) is 14.8 Å². The first kappa shape index (κ1) is 17.9. The topological polar surface area (TPSA) is 66.2 Å². The first-order valence-electron chi connectivity index (χ1n) is 8.80. The number of ether oxygens (including phenoxy) is 2. The van der Waals surface area contributed by atoms with E-state index in [4.69, 9.17) is 14.6 Å². The fraction of sp³-hybridized carbons (Fsp3) is 0.350. The standard InChI is InChI=1S/C20H23N3O3/c1-3-26-19(24)8-4-7-18-17-6-5-13-21-20(17)23(22-18)14-15-9-11-16(25-2)12-10-15/h5-6,9-13H,3-4,7-8,14H2,1-2H3. The van der Waals surface area contributed by atoms with Crippen LogP contribution in [0, 0.1) is 0 Å². The van der Waals surface area contributed by atoms with Gasteiger partial charge in [-0.25, -0.2) is 9.67 Å². The van der Waals surface area contributed by atoms with E-state index in [-0.39, 0.29) is 5.97 Å². The van der Waals surface area contributed by atoms with Crippen LogP contribution in [0.25, 0.3) is 11.0 Å². The number of carbonyl (C=O) groups is 1. The summed E-state index contributed by atoms with van der Waals surface area (Å²) in [6.45, 7) is 2.87. The van der Waals surface area contributed by atoms with Crippen LogP contribution < -0.4 is 4.74 Å². The number of esters is 1. The van der Waals surface area contributed by atoms with E-state index in [0.29, 0.717) is 26.0 Å². The number of pyridine rings is 1. The zero-order valence-electron chi connectivity index (χ0n) is 15.1. The van der Waals surface area contributed by atoms with Crippen LogP contribution >= 0.6 is 0 Å². The largest absolute Gasteiger partial charge is 0.497 e. The Hall–Kier alpha value is -2.89. The SMILES string of the molecule is CCOC(=O)CCCc1nn(Cc2ccc(OC)cc2)c2ncccc12. The maximum Gasteiger partial charge on any atom is 0.305 e. The van der Waals surface area contributed by atoms with Crippen LogP contribution in [0.4, 0.5) is 0 Å². The van der Waals surface area contributed by atoms with Crippen molar-refractivity contribution in [2.45, 2.75) is 32.7 Å². The molecule has 1 aromatic carbocycles. The van der Waals surface area contributed by atoms with Gasteiger partial charge in [-0.3, -0.25) is 4.79 Å². The maximum absolute atomic E-state index is 11.5. The third kappa shape index (κ3) is 4.20. The van der Waals surface area contributed by atoms with Crippen LogP contribution in [-0.4, -0.2) is 34.5 Å². The maximum atomic E-state index is 11.5. The third-order valence-corrected chi connectivity index (χ3v) is 4.17. The van der Waals surface area contributed by atoms with Gasteiger partial charge < -0.3 is 9.47 Å². The summed E-state index contributed by atoms with van der Waals surface area (Å²) in [6, 6.07) is 11.9. The predicted molar refractivity (Wildman–Crippen MR) is 99.2 cm³/mol. The Morgan fingerprint density at radius 1 is 1.19 bits per heavy atom. The molecule has 6 nitrogen and oxygen atoms in total. The Kier molecular flexibility index (Phi) is 5.84. The Labute approximate surface area is 152 Å². The quantitative estimate of drug-likeness (QED) is 0.581. The van der Waals surface area contributed by atoms with Crippen molar-refractivity contribution in [2.24, 2.45) is 0 Å². The average Bonchev–Trinajstić information content (AvgIpc) is 3.00. The summed E-state index contributed by atoms with van der Waals surface area (Å²) in [7, 11) is 1.66. The number of methoxy groups -OCH3 is 1. The Morgan fingerprint density at radius 2 is 2.00 bits per heavy atom. The fourth-order valence-electron chi connectivity index (χ4n) is 2.91. The highest BCUT2D eigenvalue weighted by atomic mass is 16.5. The van der Waals surface area contributed by atoms with Gasteiger partial charge in [-0.15, -0.1) is 0 Å². The van der Waals surface area contributed by atoms with E-state index in [0.717, 1.165) is 34.5 Å². The zero-order valence-corrected chi connectivity index (χ0v) is 15.1. The molecule has 0 saturated heterocycles. The first-order chi connectivity index (χ1) is 12.7. The minimum Gasteiger partial charge on any atom is -0.497 e. The molecule has 0 N–H and O–H groups in total. The van der Waals surface area contributed by atoms with Crippen molar-refractivity contribution in [3.63, 3.8) is 0 Å². The van der Waals surface area contributed by atoms with Gasteiger partial charge in [-0.05, 0) is 49.6 Å². The molecule has 0 unspecified atom stereocenters. The number of aromatic nitrogens is 3. The van der Waals surface area contributed by atoms with Gasteiger partial charge in [0.2, 0.25) is 0 Å². The Bertz CT molecular complexity index is 872. The second-order valence-corrected chi connectivity index (χ2v) is 5.99. The molecule has 0 fully saturated rings. The number of carbonyl (C=O) groups excluding carboxylic acids is 1. The highest BCUT2D eigenvalue weighted by Gasteiger charge is 2.12. The molecule has 0 aliphatic heterocycles. The van der Waals surface area contributed by atoms with Gasteiger partial charge in [0, 0.05) is 18.0 Å². The molecule has 2 heterocycles. The molecular weight excluding hydrogens is 330 g/mol. The molecule has 0 bridgehead atoms. The molecule has 0 atom stereocenters. The van der Waals surface area contributed by atoms with E-state index in [1.165, 1.54) is 0 Å². The normalized spacial score (nSPS) is 10.8. The summed E-state index contributed by atoms with van der Waals surface area (Å²) < 4.78 is 12.1. The molecule has 6 heteroatoms. The van der Waals surface area contributed by atoms with E-state index in [1.54, 1.807) is 13.3 Å². The van der Waals surface area contributed by atoms with Crippen LogP contribution in [0.15, 0.2) is 42.6 Å². The minimum atomic E-state index is -0.160. The monoisotopic (exact) mass is 353 g/mol. The number of aryl methyl sites for hydroxylation is 1. The minimum absolute atomic E-state index is 0.160. The van der Waals surface area contributed by atoms with Crippen molar-refractivity contribution >= 4 is 17.0 Å². The smallest absolute Gasteiger partial charge is 0.305 e. The predicted octanol–water partition coefficient (Wildman–Crippen LogP) is 3.37. The van der Waals surface area contributed by atoms with Crippen LogP contribution in [-0.2, 0) is 22.5 Å². The second kappa shape index (κ2) is 8.47. The van der Waals surface area contributed by atoms with Gasteiger partial charge >= 0.3 is 5.97 Å². The Morgan fingerprint density at radius 3 is 2.73 bits per heavy atom. The van der Waals surface area contributed by atoms with E-state index in [2.05, 4.69) is 4.98 Å². The molecule has 2 aromatic heterocycles. The summed E-state index contributed by atoms with van der Waals surface area (Å²) in [4.78, 5) is 16.0. The summed E-state index contributed by atoms with van der Waals surface area (Å²) in [5, 5.41) is 5.77. The first-order valence-corrected chi connectivity index (χ1v) is 8.80. The van der Waals surface area contributed by atoms with Crippen molar-refractivity contribution in [2.75, 3.05) is 13.7 Å². The summed E-state index contributed by atoms with van der Waals surface area (Å²) in [5.41, 5.74) is 2.94. The lowest BCUT2D eigenvalue weighted by Gasteiger charge is -2.05. The highest BCUT2D eigenvalue weighted by molar-refractivity contribution is 5.78. The number of benzene rings is 1. The summed E-state index contributed by atoms with van der Waals surface area (Å²) in [6.07, 6.45) is 3.61. The van der Waals surface area contributed by atoms with Gasteiger partial charge in [0.25, 0.3) is 0 Å². The van der Waals surface area contributed by atoms with E-state index >= 15 is 0 Å². The van der Waals surface area contributed by atoms with Crippen LogP contribution in [0.3, 0.4) is 0 Å². The van der Waals surface area contributed by atoms with Gasteiger partial charge in [-0.2, -0.15) is 5.10 Å². The van der Waals surface area contributed by atoms with Gasteiger partial charge in [-0.1, -0.05) is 12.1 Å². The fourth-order valence-corrected chi connectivity index (χ4v) is 2.91. The second-order valence-electron chi connectivity index (χ2n) is 5.99. The van der Waals surface area contributed by atoms with E-state index in [1.807, 2.05) is 48.0 Å². The van der Waals surface area contributed by atoms with Crippen molar-refractivity contribution in [3.8, 4) is 5.75 Å². The van der Waals surface area contributed by atoms with Gasteiger partial charge in [0.1, 0.15) is 5.75 Å². The summed E-state index contributed by atoms with van der Waals surface area (Å²) >= 11 is 0. The zero-order chi connectivity index (χ0) is 18.4. The van der Waals surface area contributed by atoms with Gasteiger partial charge in [0.15, 0.2) is 5.65 Å². The number of nitrogens with zero attached hydrogens (tertiary/aromatic N) is 3. The molecule has 0 amide bonds. The molecule has 3 rings (SSSR count). The lowest BCUT2D eigenvalue weighted by atomic mass is 10.1. The number of hydrogen-bond donors (Lipinski definition) is 0. The number of fused-ring (bicyclic) bond motifs is 1. The van der Waals surface area contributed by atoms with Gasteiger partial charge in [0.05, 0.1) is 26.0 Å². The van der Waals surface area contributed by atoms with Crippen LogP contribution in [0.2, 0.25) is 0 Å². The highest BCUT2D eigenvalue weighted by Crippen LogP contribution is 2.20. The molecule has 0 radical (unpaired) electrons. The Balaban J connectivity index is 1.76. The lowest BCUT2D eigenvalue weighted by molar-refractivity contribution is -0.143. The lowest BCUT2D eigenvalue weighted by Crippen LogP contribution is -2.05. The number of rotatable bonds is 8. The van der Waals surface area contributed by atoms with Crippen molar-refractivity contribution in [3.05, 3.63) is 53.9 Å². The summed E-state index contributed by atoms with van der Waals surface area (Å²) in [5.74, 6) is 0.671. The van der Waals surface area contributed by atoms with Crippen LogP contribution in [0.5, 0.6) is 5.75 Å². The van der Waals surface area contributed by atoms with E-state index < -0.39 is 0 Å². The third-order valence-electron chi connectivity index (χ3n) is 4.17. The van der Waals surface area contributed by atoms with Crippen LogP contribution in [0.1, 0.15) is 31.0 Å². The molecule has 0 spiro atoms. The molecule has 136 valence electrons. The number of hydrogen-bond acceptors (Lipinski definition) is 5. The molecular formula is C20H23N3O3. The average molecular weight is 353 g/mol. The molecule has 26 heavy (non-hydrogen) atoms.